The molecule has 0 radical (unpaired) electrons. The summed E-state index contributed by atoms with van der Waals surface area (Å²) in [4.78, 5) is 67.5. The van der Waals surface area contributed by atoms with E-state index in [4.69, 9.17) is 4.74 Å². The van der Waals surface area contributed by atoms with Crippen LogP contribution in [0.4, 0.5) is 5.69 Å². The first-order valence-electron chi connectivity index (χ1n) is 15.3. The van der Waals surface area contributed by atoms with E-state index in [9.17, 15) is 29.3 Å². The third kappa shape index (κ3) is 5.83. The zero-order chi connectivity index (χ0) is 33.8. The molecule has 1 saturated heterocycles. The number of hydrogen-bond acceptors (Lipinski definition) is 7. The van der Waals surface area contributed by atoms with Crippen molar-refractivity contribution in [3.63, 3.8) is 0 Å². The molecule has 0 aromatic heterocycles. The third-order valence-corrected chi connectivity index (χ3v) is 13.3. The number of nitrogens with zero attached hydrogens (tertiary/aromatic N) is 2. The molecule has 0 aliphatic carbocycles. The van der Waals surface area contributed by atoms with Crippen LogP contribution in [0.25, 0.3) is 0 Å². The SMILES string of the molecule is CCC(C(C)=O)(C(C)=O)C1CC(=O)N1C(C(=O)OCc1ccc([N+](=O)[O-])cc1)=P(c1ccccc1)(c1ccccc1)c1ccccc1. The predicted molar refractivity (Wildman–Crippen MR) is 182 cm³/mol. The lowest BCUT2D eigenvalue weighted by molar-refractivity contribution is -0.384. The second kappa shape index (κ2) is 13.7. The molecular formula is C37H35N2O7P. The van der Waals surface area contributed by atoms with Gasteiger partial charge >= 0.3 is 5.97 Å². The number of rotatable bonds is 12. The smallest absolute Gasteiger partial charge is 0.356 e. The number of benzene rings is 4. The number of ether oxygens (including phenoxy) is 1. The van der Waals surface area contributed by atoms with E-state index in [1.165, 1.54) is 43.0 Å². The maximum atomic E-state index is 14.8. The number of non-ortho nitro benzene ring substituents is 1. The molecule has 4 aromatic carbocycles. The van der Waals surface area contributed by atoms with Crippen molar-refractivity contribution in [1.82, 2.24) is 4.90 Å². The van der Waals surface area contributed by atoms with Gasteiger partial charge in [-0.15, -0.1) is 0 Å². The van der Waals surface area contributed by atoms with Gasteiger partial charge in [-0.1, -0.05) is 97.9 Å². The van der Waals surface area contributed by atoms with E-state index in [1.54, 1.807) is 6.92 Å². The molecule has 0 saturated carbocycles. The molecule has 1 heterocycles. The van der Waals surface area contributed by atoms with Crippen LogP contribution in [0, 0.1) is 15.5 Å². The molecule has 1 fully saturated rings. The first-order valence-corrected chi connectivity index (χ1v) is 17.1. The summed E-state index contributed by atoms with van der Waals surface area (Å²) in [5.74, 6) is -1.94. The van der Waals surface area contributed by atoms with Crippen molar-refractivity contribution in [2.45, 2.75) is 46.3 Å². The van der Waals surface area contributed by atoms with Gasteiger partial charge < -0.3 is 9.64 Å². The monoisotopic (exact) mass is 650 g/mol. The molecule has 1 aliphatic heterocycles. The van der Waals surface area contributed by atoms with E-state index < -0.39 is 35.1 Å². The molecule has 10 heteroatoms. The highest BCUT2D eigenvalue weighted by atomic mass is 31.2. The minimum absolute atomic E-state index is 0.0598. The summed E-state index contributed by atoms with van der Waals surface area (Å²) in [6, 6.07) is 33.1. The van der Waals surface area contributed by atoms with Crippen molar-refractivity contribution >= 4 is 57.3 Å². The number of hydrogen-bond donors (Lipinski definition) is 0. The first-order chi connectivity index (χ1) is 22.6. The summed E-state index contributed by atoms with van der Waals surface area (Å²) in [6.45, 7) is 0.952. The second-order valence-corrected chi connectivity index (χ2v) is 14.7. The van der Waals surface area contributed by atoms with Gasteiger partial charge in [-0.2, -0.15) is 0 Å². The van der Waals surface area contributed by atoms with Gasteiger partial charge in [0.25, 0.3) is 5.69 Å². The van der Waals surface area contributed by atoms with Crippen LogP contribution < -0.4 is 15.9 Å². The number of likely N-dealkylation sites (tertiary alicyclic amines) is 1. The third-order valence-electron chi connectivity index (χ3n) is 9.01. The van der Waals surface area contributed by atoms with Crippen LogP contribution >= 0.6 is 6.89 Å². The van der Waals surface area contributed by atoms with Crippen LogP contribution in [-0.2, 0) is 30.5 Å². The maximum absolute atomic E-state index is 14.8. The summed E-state index contributed by atoms with van der Waals surface area (Å²) < 4.78 is 6.00. The number of nitro benzene ring substituents is 1. The second-order valence-electron chi connectivity index (χ2n) is 11.4. The highest BCUT2D eigenvalue weighted by Crippen LogP contribution is 2.51. The fourth-order valence-corrected chi connectivity index (χ4v) is 11.0. The van der Waals surface area contributed by atoms with Crippen molar-refractivity contribution < 1.29 is 28.8 Å². The first kappa shape index (κ1) is 33.2. The fourth-order valence-electron chi connectivity index (χ4n) is 6.62. The van der Waals surface area contributed by atoms with E-state index in [0.29, 0.717) is 5.56 Å². The molecule has 1 aliphatic rings. The summed E-state index contributed by atoms with van der Waals surface area (Å²) in [7, 11) is 0. The molecule has 0 spiro atoms. The van der Waals surface area contributed by atoms with Crippen molar-refractivity contribution in [3.8, 4) is 0 Å². The van der Waals surface area contributed by atoms with Crippen molar-refractivity contribution in [2.24, 2.45) is 5.41 Å². The molecular weight excluding hydrogens is 615 g/mol. The average Bonchev–Trinajstić information content (AvgIpc) is 3.08. The summed E-state index contributed by atoms with van der Waals surface area (Å²) in [5.41, 5.74) is -1.07. The quantitative estimate of drug-likeness (QED) is 0.0532. The number of β-lactam (4-membered cyclic amide) rings is 1. The van der Waals surface area contributed by atoms with Crippen LogP contribution in [0.1, 0.15) is 39.2 Å². The fraction of sp³-hybridized carbons (Fsp3) is 0.216. The molecule has 1 atom stereocenters. The summed E-state index contributed by atoms with van der Waals surface area (Å²) >= 11 is 0. The Morgan fingerprint density at radius 3 is 1.62 bits per heavy atom. The van der Waals surface area contributed by atoms with Crippen LogP contribution in [-0.4, -0.2) is 44.7 Å². The molecule has 0 N–H and O–H groups in total. The number of amides is 1. The molecule has 1 amide bonds. The van der Waals surface area contributed by atoms with E-state index in [2.05, 4.69) is 0 Å². The van der Waals surface area contributed by atoms with Gasteiger partial charge in [-0.25, -0.2) is 4.79 Å². The van der Waals surface area contributed by atoms with Gasteiger partial charge in [0.1, 0.15) is 29.0 Å². The Morgan fingerprint density at radius 2 is 1.26 bits per heavy atom. The highest BCUT2D eigenvalue weighted by molar-refractivity contribution is 7.96. The summed E-state index contributed by atoms with van der Waals surface area (Å²) in [6.07, 6.45) is 0.0508. The number of esters is 1. The lowest BCUT2D eigenvalue weighted by Crippen LogP contribution is -2.68. The number of ketones is 2. The standard InChI is InChI=1S/C37H35N2O7P/c1-4-37(26(2)40,27(3)41)33-24-34(42)38(33)35(36(43)46-25-28-20-22-29(23-21-28)39(44)45)47(30-14-8-5-9-15-30,31-16-10-6-11-17-31)32-18-12-7-13-19-32/h5-23,33H,4,24-25H2,1-3H3. The van der Waals surface area contributed by atoms with Crippen LogP contribution in [0.2, 0.25) is 0 Å². The molecule has 0 bridgehead atoms. The lowest BCUT2D eigenvalue weighted by atomic mass is 9.67. The van der Waals surface area contributed by atoms with Gasteiger partial charge in [0, 0.05) is 25.4 Å². The largest absolute Gasteiger partial charge is 0.456 e. The van der Waals surface area contributed by atoms with Crippen molar-refractivity contribution in [2.75, 3.05) is 0 Å². The predicted octanol–water partition coefficient (Wildman–Crippen LogP) is 4.94. The Bertz CT molecular complexity index is 1760. The molecule has 1 unspecified atom stereocenters. The van der Waals surface area contributed by atoms with Gasteiger partial charge in [0.15, 0.2) is 0 Å². The normalized spacial score (nSPS) is 14.6. The zero-order valence-corrected chi connectivity index (χ0v) is 27.3. The maximum Gasteiger partial charge on any atom is 0.356 e. The molecule has 240 valence electrons. The number of carbonyl (C=O) groups excluding carboxylic acids is 4. The van der Waals surface area contributed by atoms with Gasteiger partial charge in [-0.05, 0) is 53.9 Å². The van der Waals surface area contributed by atoms with Gasteiger partial charge in [-0.3, -0.25) is 24.5 Å². The Hall–Kier alpha value is -5.14. The van der Waals surface area contributed by atoms with Crippen LogP contribution in [0.5, 0.6) is 0 Å². The highest BCUT2D eigenvalue weighted by Gasteiger charge is 2.59. The van der Waals surface area contributed by atoms with Crippen molar-refractivity contribution in [3.05, 3.63) is 131 Å². The summed E-state index contributed by atoms with van der Waals surface area (Å²) in [5, 5.41) is 13.5. The lowest BCUT2D eigenvalue weighted by Gasteiger charge is -2.51. The molecule has 9 nitrogen and oxygen atoms in total. The molecule has 47 heavy (non-hydrogen) atoms. The van der Waals surface area contributed by atoms with Crippen molar-refractivity contribution in [1.29, 1.82) is 0 Å². The number of carbonyl (C=O) groups is 4. The number of Topliss-reactive ketones (excluding diaryl/α,β-unsaturated/α-hetero) is 2. The van der Waals surface area contributed by atoms with Crippen LogP contribution in [0.15, 0.2) is 115 Å². The zero-order valence-electron chi connectivity index (χ0n) is 26.4. The van der Waals surface area contributed by atoms with E-state index in [-0.39, 0.29) is 42.1 Å². The average molecular weight is 651 g/mol. The van der Waals surface area contributed by atoms with Crippen LogP contribution in [0.3, 0.4) is 0 Å². The van der Waals surface area contributed by atoms with E-state index in [0.717, 1.165) is 15.9 Å². The van der Waals surface area contributed by atoms with E-state index >= 15 is 0 Å². The minimum atomic E-state index is -3.26. The Morgan fingerprint density at radius 1 is 0.809 bits per heavy atom. The number of nitro groups is 1. The minimum Gasteiger partial charge on any atom is -0.456 e. The van der Waals surface area contributed by atoms with Gasteiger partial charge in [0.2, 0.25) is 5.91 Å². The molecule has 5 rings (SSSR count). The molecule has 4 aromatic rings. The van der Waals surface area contributed by atoms with Gasteiger partial charge in [0.05, 0.1) is 11.0 Å². The Kier molecular flexibility index (Phi) is 9.68. The van der Waals surface area contributed by atoms with E-state index in [1.807, 2.05) is 91.0 Å². The Labute approximate surface area is 273 Å². The Balaban J connectivity index is 1.86. The topological polar surface area (TPSA) is 124 Å².